The van der Waals surface area contributed by atoms with E-state index in [9.17, 15) is 4.79 Å². The zero-order valence-corrected chi connectivity index (χ0v) is 17.2. The number of H-pyrrole nitrogens is 1. The lowest BCUT2D eigenvalue weighted by atomic mass is 9.74. The van der Waals surface area contributed by atoms with E-state index in [1.54, 1.807) is 0 Å². The van der Waals surface area contributed by atoms with E-state index in [-0.39, 0.29) is 17.8 Å². The van der Waals surface area contributed by atoms with Crippen LogP contribution in [0.25, 0.3) is 10.9 Å². The molecule has 2 fully saturated rings. The first kappa shape index (κ1) is 19.0. The van der Waals surface area contributed by atoms with Gasteiger partial charge in [-0.05, 0) is 24.8 Å². The first-order valence-corrected chi connectivity index (χ1v) is 10.8. The molecule has 1 saturated carbocycles. The second-order valence-electron chi connectivity index (χ2n) is 7.65. The molecule has 2 aliphatic rings. The number of fused-ring (bicyclic) bond motifs is 1. The average molecular weight is 436 g/mol. The number of aromatic amines is 1. The largest absolute Gasteiger partial charge is 0.459 e. The number of hydrogen-bond donors (Lipinski definition) is 1. The molecule has 0 amide bonds. The minimum atomic E-state index is -0.362. The van der Waals surface area contributed by atoms with Crippen LogP contribution in [0.5, 0.6) is 0 Å². The van der Waals surface area contributed by atoms with Crippen LogP contribution in [0.2, 0.25) is 0 Å². The number of hydrogen-bond acceptors (Lipinski definition) is 4. The van der Waals surface area contributed by atoms with E-state index in [0.717, 1.165) is 47.8 Å². The molecule has 1 aromatic heterocycles. The Hall–Kier alpha value is -1.37. The highest BCUT2D eigenvalue weighted by Crippen LogP contribution is 2.46. The van der Waals surface area contributed by atoms with Gasteiger partial charge in [0.2, 0.25) is 0 Å². The summed E-state index contributed by atoms with van der Waals surface area (Å²) in [7, 11) is 0. The Kier molecular flexibility index (Phi) is 5.58. The van der Waals surface area contributed by atoms with Crippen molar-refractivity contribution in [1.29, 1.82) is 0 Å². The molecule has 2 atom stereocenters. The summed E-state index contributed by atoms with van der Waals surface area (Å²) in [5, 5.41) is 1.82. The molecule has 27 heavy (non-hydrogen) atoms. The van der Waals surface area contributed by atoms with Crippen LogP contribution in [0.15, 0.2) is 24.3 Å². The van der Waals surface area contributed by atoms with Crippen molar-refractivity contribution < 1.29 is 19.0 Å². The summed E-state index contributed by atoms with van der Waals surface area (Å²) < 4.78 is 17.4. The minimum Gasteiger partial charge on any atom is -0.459 e. The Balaban J connectivity index is 1.60. The summed E-state index contributed by atoms with van der Waals surface area (Å²) in [6.45, 7) is 4.18. The van der Waals surface area contributed by atoms with Gasteiger partial charge in [0.25, 0.3) is 6.47 Å². The predicted molar refractivity (Wildman–Crippen MR) is 107 cm³/mol. The van der Waals surface area contributed by atoms with Gasteiger partial charge in [-0.2, -0.15) is 0 Å². The summed E-state index contributed by atoms with van der Waals surface area (Å²) >= 11 is 3.58. The lowest BCUT2D eigenvalue weighted by Crippen LogP contribution is -2.37. The summed E-state index contributed by atoms with van der Waals surface area (Å²) in [6, 6.07) is 8.20. The summed E-state index contributed by atoms with van der Waals surface area (Å²) in [4.78, 5) is 14.8. The molecule has 2 unspecified atom stereocenters. The zero-order chi connectivity index (χ0) is 18.9. The number of halogens is 1. The van der Waals surface area contributed by atoms with Gasteiger partial charge in [0.05, 0.1) is 13.2 Å². The highest BCUT2D eigenvalue weighted by Gasteiger charge is 2.43. The van der Waals surface area contributed by atoms with Gasteiger partial charge >= 0.3 is 0 Å². The summed E-state index contributed by atoms with van der Waals surface area (Å²) in [6.07, 6.45) is 3.59. The number of para-hydroxylation sites is 1. The molecule has 1 N–H and O–H groups in total. The third-order valence-electron chi connectivity index (χ3n) is 6.27. The Bertz CT molecular complexity index is 789. The fourth-order valence-corrected chi connectivity index (χ4v) is 5.25. The number of alkyl halides is 1. The van der Waals surface area contributed by atoms with Crippen LogP contribution in [0.1, 0.15) is 50.0 Å². The highest BCUT2D eigenvalue weighted by atomic mass is 79.9. The van der Waals surface area contributed by atoms with Crippen molar-refractivity contribution in [2.24, 2.45) is 11.8 Å². The standard InChI is InChI=1S/C21H26BrNO4/c1-14(15-6-8-21(9-7-15)26-10-11-27-21)20(25-13-24)19-16-4-2-3-5-17(16)23-18(19)12-22/h2-5,13-15,20,23H,6-12H2,1H3. The number of benzene rings is 1. The summed E-state index contributed by atoms with van der Waals surface area (Å²) in [5.41, 5.74) is 3.24. The van der Waals surface area contributed by atoms with Crippen molar-refractivity contribution in [3.8, 4) is 0 Å². The van der Waals surface area contributed by atoms with Gasteiger partial charge in [-0.1, -0.05) is 41.1 Å². The molecule has 6 heteroatoms. The van der Waals surface area contributed by atoms with E-state index < -0.39 is 0 Å². The summed E-state index contributed by atoms with van der Waals surface area (Å²) in [5.74, 6) is 0.315. The topological polar surface area (TPSA) is 60.6 Å². The van der Waals surface area contributed by atoms with Gasteiger partial charge in [-0.3, -0.25) is 4.79 Å². The van der Waals surface area contributed by atoms with Crippen LogP contribution in [0.3, 0.4) is 0 Å². The van der Waals surface area contributed by atoms with E-state index in [1.807, 2.05) is 12.1 Å². The minimum absolute atomic E-state index is 0.214. The Morgan fingerprint density at radius 2 is 2.00 bits per heavy atom. The second kappa shape index (κ2) is 7.94. The molecule has 2 aromatic rings. The number of carbonyl (C=O) groups excluding carboxylic acids is 1. The highest BCUT2D eigenvalue weighted by molar-refractivity contribution is 9.08. The molecule has 4 rings (SSSR count). The van der Waals surface area contributed by atoms with E-state index in [2.05, 4.69) is 40.0 Å². The van der Waals surface area contributed by atoms with Crippen LogP contribution >= 0.6 is 15.9 Å². The third-order valence-corrected chi connectivity index (χ3v) is 6.84. The zero-order valence-electron chi connectivity index (χ0n) is 15.6. The predicted octanol–water partition coefficient (Wildman–Crippen LogP) is 4.85. The Morgan fingerprint density at radius 1 is 1.30 bits per heavy atom. The first-order chi connectivity index (χ1) is 13.2. The smallest absolute Gasteiger partial charge is 0.293 e. The van der Waals surface area contributed by atoms with Gasteiger partial charge in [0.1, 0.15) is 6.10 Å². The van der Waals surface area contributed by atoms with Gasteiger partial charge in [-0.25, -0.2) is 0 Å². The van der Waals surface area contributed by atoms with Gasteiger partial charge < -0.3 is 19.2 Å². The van der Waals surface area contributed by atoms with E-state index in [0.29, 0.717) is 30.9 Å². The lowest BCUT2D eigenvalue weighted by Gasteiger charge is -2.39. The van der Waals surface area contributed by atoms with Crippen molar-refractivity contribution in [2.45, 2.75) is 49.8 Å². The normalized spacial score (nSPS) is 22.1. The van der Waals surface area contributed by atoms with Crippen molar-refractivity contribution in [2.75, 3.05) is 13.2 Å². The molecule has 1 aliphatic carbocycles. The molecule has 2 heterocycles. The quantitative estimate of drug-likeness (QED) is 0.520. The van der Waals surface area contributed by atoms with Gasteiger partial charge in [-0.15, -0.1) is 0 Å². The second-order valence-corrected chi connectivity index (χ2v) is 8.21. The maximum absolute atomic E-state index is 11.4. The molecular weight excluding hydrogens is 410 g/mol. The molecule has 1 aromatic carbocycles. The first-order valence-electron chi connectivity index (χ1n) is 9.70. The SMILES string of the molecule is CC(C1CCC2(CC1)OCCO2)C(OC=O)c1c(CBr)[nH]c2ccccc12. The maximum Gasteiger partial charge on any atom is 0.293 e. The monoisotopic (exact) mass is 435 g/mol. The van der Waals surface area contributed by atoms with E-state index in [1.165, 1.54) is 0 Å². The van der Waals surface area contributed by atoms with Crippen molar-refractivity contribution >= 4 is 33.3 Å². The van der Waals surface area contributed by atoms with Crippen LogP contribution in [-0.4, -0.2) is 30.5 Å². The molecular formula is C21H26BrNO4. The molecule has 5 nitrogen and oxygen atoms in total. The van der Waals surface area contributed by atoms with Crippen LogP contribution in [-0.2, 0) is 24.3 Å². The number of nitrogens with one attached hydrogen (secondary N) is 1. The van der Waals surface area contributed by atoms with Crippen LogP contribution in [0, 0.1) is 11.8 Å². The van der Waals surface area contributed by atoms with Crippen molar-refractivity contribution in [1.82, 2.24) is 4.98 Å². The Labute approximate surface area is 167 Å². The van der Waals surface area contributed by atoms with Crippen molar-refractivity contribution in [3.63, 3.8) is 0 Å². The average Bonchev–Trinajstić information content (AvgIpc) is 3.31. The maximum atomic E-state index is 11.4. The van der Waals surface area contributed by atoms with E-state index in [4.69, 9.17) is 14.2 Å². The molecule has 1 aliphatic heterocycles. The van der Waals surface area contributed by atoms with Crippen molar-refractivity contribution in [3.05, 3.63) is 35.5 Å². The van der Waals surface area contributed by atoms with Gasteiger partial charge in [0, 0.05) is 46.2 Å². The molecule has 0 bridgehead atoms. The molecule has 0 radical (unpaired) electrons. The van der Waals surface area contributed by atoms with Gasteiger partial charge in [0.15, 0.2) is 5.79 Å². The number of rotatable bonds is 6. The van der Waals surface area contributed by atoms with E-state index >= 15 is 0 Å². The fraction of sp³-hybridized carbons (Fsp3) is 0.571. The number of ether oxygens (including phenoxy) is 3. The molecule has 146 valence electrons. The number of aromatic nitrogens is 1. The number of carbonyl (C=O) groups is 1. The Morgan fingerprint density at radius 3 is 2.67 bits per heavy atom. The lowest BCUT2D eigenvalue weighted by molar-refractivity contribution is -0.187. The van der Waals surface area contributed by atoms with Crippen LogP contribution in [0.4, 0.5) is 0 Å². The third kappa shape index (κ3) is 3.55. The fourth-order valence-electron chi connectivity index (χ4n) is 4.80. The molecule has 1 spiro atoms. The molecule has 1 saturated heterocycles. The van der Waals surface area contributed by atoms with Crippen LogP contribution < -0.4 is 0 Å².